The Labute approximate surface area is 206 Å². The molecule has 0 fully saturated rings. The Kier molecular flexibility index (Phi) is 10.5. The van der Waals surface area contributed by atoms with E-state index in [9.17, 15) is 28.8 Å². The van der Waals surface area contributed by atoms with Gasteiger partial charge in [-0.1, -0.05) is 0 Å². The second-order valence-corrected chi connectivity index (χ2v) is 7.51. The summed E-state index contributed by atoms with van der Waals surface area (Å²) in [5, 5.41) is 7.11. The zero-order valence-corrected chi connectivity index (χ0v) is 20.1. The van der Waals surface area contributed by atoms with Crippen LogP contribution in [0.15, 0.2) is 35.6 Å². The molecule has 2 aromatic rings. The molecule has 2 heterocycles. The van der Waals surface area contributed by atoms with Crippen LogP contribution in [0.25, 0.3) is 0 Å². The number of hydrogen-bond donors (Lipinski definition) is 3. The minimum absolute atomic E-state index is 0.0212. The number of amides is 3. The highest BCUT2D eigenvalue weighted by Gasteiger charge is 2.26. The van der Waals surface area contributed by atoms with Crippen molar-refractivity contribution in [2.75, 3.05) is 32.7 Å². The number of aryl methyl sites for hydroxylation is 1. The van der Waals surface area contributed by atoms with E-state index in [-0.39, 0.29) is 37.4 Å². The number of carbonyl (C=O) groups is 5. The molecule has 1 atom stereocenters. The van der Waals surface area contributed by atoms with E-state index in [2.05, 4.69) is 20.9 Å². The first-order chi connectivity index (χ1) is 17.2. The minimum Gasteiger partial charge on any atom is -0.462 e. The third-order valence-electron chi connectivity index (χ3n) is 4.94. The lowest BCUT2D eigenvalue weighted by Crippen LogP contribution is -2.45. The fourth-order valence-electron chi connectivity index (χ4n) is 3.01. The Bertz CT molecular complexity index is 1170. The average Bonchev–Trinajstić information content (AvgIpc) is 3.29. The Morgan fingerprint density at radius 3 is 2.56 bits per heavy atom. The van der Waals surface area contributed by atoms with Gasteiger partial charge in [0.1, 0.15) is 30.6 Å². The summed E-state index contributed by atoms with van der Waals surface area (Å²) in [6.45, 7) is -0.175. The first-order valence-corrected chi connectivity index (χ1v) is 10.8. The van der Waals surface area contributed by atoms with Crippen molar-refractivity contribution in [3.8, 4) is 0 Å². The number of aromatic nitrogens is 3. The number of rotatable bonds is 13. The van der Waals surface area contributed by atoms with Crippen LogP contribution in [-0.4, -0.2) is 77.0 Å². The number of carbonyl (C=O) groups excluding carboxylic acids is 5. The second-order valence-electron chi connectivity index (χ2n) is 7.51. The van der Waals surface area contributed by atoms with Crippen LogP contribution in [-0.2, 0) is 42.2 Å². The first-order valence-electron chi connectivity index (χ1n) is 10.8. The third kappa shape index (κ3) is 7.87. The van der Waals surface area contributed by atoms with Gasteiger partial charge in [-0.3, -0.25) is 28.8 Å². The van der Waals surface area contributed by atoms with Crippen molar-refractivity contribution < 1.29 is 33.4 Å². The van der Waals surface area contributed by atoms with E-state index in [1.54, 1.807) is 7.05 Å². The smallest absolute Gasteiger partial charge is 0.326 e. The van der Waals surface area contributed by atoms with E-state index in [0.717, 1.165) is 4.57 Å². The van der Waals surface area contributed by atoms with Crippen LogP contribution in [0.1, 0.15) is 23.3 Å². The maximum absolute atomic E-state index is 13.0. The van der Waals surface area contributed by atoms with Crippen molar-refractivity contribution in [3.05, 3.63) is 46.9 Å². The molecule has 3 amide bonds. The van der Waals surface area contributed by atoms with E-state index in [1.807, 2.05) is 0 Å². The van der Waals surface area contributed by atoms with Crippen molar-refractivity contribution in [2.24, 2.45) is 7.05 Å². The average molecular weight is 505 g/mol. The molecule has 3 N–H and O–H groups in total. The number of hydrogen-bond acceptors (Lipinski definition) is 9. The van der Waals surface area contributed by atoms with Crippen LogP contribution in [0.3, 0.4) is 0 Å². The molecule has 0 bridgehead atoms. The highest BCUT2D eigenvalue weighted by molar-refractivity contribution is 6.36. The summed E-state index contributed by atoms with van der Waals surface area (Å²) in [7, 11) is 4.33. The second kappa shape index (κ2) is 13.5. The van der Waals surface area contributed by atoms with Gasteiger partial charge in [-0.05, 0) is 18.6 Å². The molecule has 0 radical (unpaired) electrons. The number of ketones is 1. The standard InChI is InChI=1S/C22H28N6O8/c1-23-21(33)17(29)7-6-14(25-20(32)16-11-24-13-27(16)2)19(31)26-15-5-4-8-28(22(15)34)12-18(30)36-10-9-35-3/h4-5,8,11,13-14H,6-7,9-10,12H2,1-3H3,(H,23,33)(H,25,32)(H,26,31)/t14-/m0/s1. The molecule has 2 aromatic heterocycles. The van der Waals surface area contributed by atoms with Crippen molar-refractivity contribution in [3.63, 3.8) is 0 Å². The van der Waals surface area contributed by atoms with Crippen LogP contribution in [0.2, 0.25) is 0 Å². The van der Waals surface area contributed by atoms with Crippen LogP contribution >= 0.6 is 0 Å². The van der Waals surface area contributed by atoms with E-state index in [4.69, 9.17) is 9.47 Å². The molecule has 194 valence electrons. The fourth-order valence-corrected chi connectivity index (χ4v) is 3.01. The van der Waals surface area contributed by atoms with E-state index in [0.29, 0.717) is 0 Å². The number of Topliss-reactive ketones (excluding diaryl/α,β-unsaturated/α-hetero) is 1. The number of anilines is 1. The van der Waals surface area contributed by atoms with Crippen LogP contribution < -0.4 is 21.5 Å². The lowest BCUT2D eigenvalue weighted by Gasteiger charge is -2.18. The molecule has 0 aliphatic carbocycles. The molecular formula is C22H28N6O8. The number of likely N-dealkylation sites (N-methyl/N-ethyl adjacent to an activating group) is 1. The predicted molar refractivity (Wildman–Crippen MR) is 125 cm³/mol. The van der Waals surface area contributed by atoms with Gasteiger partial charge in [-0.15, -0.1) is 0 Å². The number of nitrogens with one attached hydrogen (secondary N) is 3. The van der Waals surface area contributed by atoms with E-state index >= 15 is 0 Å². The number of ether oxygens (including phenoxy) is 2. The number of esters is 1. The maximum atomic E-state index is 13.0. The monoisotopic (exact) mass is 504 g/mol. The van der Waals surface area contributed by atoms with Gasteiger partial charge in [0, 0.05) is 33.8 Å². The first kappa shape index (κ1) is 27.9. The molecule has 0 aliphatic heterocycles. The van der Waals surface area contributed by atoms with Crippen molar-refractivity contribution in [1.82, 2.24) is 24.8 Å². The van der Waals surface area contributed by atoms with Crippen LogP contribution in [0.5, 0.6) is 0 Å². The number of nitrogens with zero attached hydrogens (tertiary/aromatic N) is 3. The normalized spacial score (nSPS) is 11.3. The fraction of sp³-hybridized carbons (Fsp3) is 0.409. The van der Waals surface area contributed by atoms with Gasteiger partial charge >= 0.3 is 5.97 Å². The summed E-state index contributed by atoms with van der Waals surface area (Å²) in [6, 6.07) is 1.49. The molecule has 0 spiro atoms. The van der Waals surface area contributed by atoms with Crippen LogP contribution in [0.4, 0.5) is 5.69 Å². The van der Waals surface area contributed by atoms with Gasteiger partial charge in [0.15, 0.2) is 0 Å². The summed E-state index contributed by atoms with van der Waals surface area (Å²) in [5.74, 6) is -3.74. The van der Waals surface area contributed by atoms with Gasteiger partial charge in [-0.2, -0.15) is 0 Å². The van der Waals surface area contributed by atoms with Crippen molar-refractivity contribution >= 4 is 35.2 Å². The Hall–Kier alpha value is -4.33. The topological polar surface area (TPSA) is 180 Å². The number of imidazole rings is 1. The van der Waals surface area contributed by atoms with Gasteiger partial charge < -0.3 is 34.6 Å². The molecule has 2 rings (SSSR count). The minimum atomic E-state index is -1.27. The Morgan fingerprint density at radius 2 is 1.92 bits per heavy atom. The van der Waals surface area contributed by atoms with Gasteiger partial charge in [0.2, 0.25) is 11.7 Å². The molecule has 14 nitrogen and oxygen atoms in total. The van der Waals surface area contributed by atoms with Gasteiger partial charge in [0.05, 0.1) is 19.1 Å². The molecule has 0 saturated carbocycles. The maximum Gasteiger partial charge on any atom is 0.326 e. The Morgan fingerprint density at radius 1 is 1.17 bits per heavy atom. The molecule has 0 aromatic carbocycles. The molecule has 0 saturated heterocycles. The van der Waals surface area contributed by atoms with Crippen LogP contribution in [0, 0.1) is 0 Å². The predicted octanol–water partition coefficient (Wildman–Crippen LogP) is -1.40. The van der Waals surface area contributed by atoms with E-state index < -0.39 is 47.6 Å². The zero-order chi connectivity index (χ0) is 26.7. The van der Waals surface area contributed by atoms with E-state index in [1.165, 1.54) is 49.6 Å². The lowest BCUT2D eigenvalue weighted by molar-refractivity contribution is -0.145. The van der Waals surface area contributed by atoms with Crippen molar-refractivity contribution in [1.29, 1.82) is 0 Å². The lowest BCUT2D eigenvalue weighted by atomic mass is 10.1. The summed E-state index contributed by atoms with van der Waals surface area (Å²) in [5.41, 5.74) is -0.697. The molecule has 36 heavy (non-hydrogen) atoms. The number of methoxy groups -OCH3 is 1. The zero-order valence-electron chi connectivity index (χ0n) is 20.1. The highest BCUT2D eigenvalue weighted by atomic mass is 16.6. The summed E-state index contributed by atoms with van der Waals surface area (Å²) in [6.07, 6.45) is 3.48. The van der Waals surface area contributed by atoms with Gasteiger partial charge in [0.25, 0.3) is 17.4 Å². The summed E-state index contributed by atoms with van der Waals surface area (Å²) in [4.78, 5) is 77.7. The quantitative estimate of drug-likeness (QED) is 0.168. The SMILES string of the molecule is CNC(=O)C(=O)CC[C@H](NC(=O)c1cncn1C)C(=O)Nc1cccn(CC(=O)OCCOC)c1=O. The Balaban J connectivity index is 2.17. The third-order valence-corrected chi connectivity index (χ3v) is 4.94. The summed E-state index contributed by atoms with van der Waals surface area (Å²) >= 11 is 0. The largest absolute Gasteiger partial charge is 0.462 e. The number of pyridine rings is 1. The molecule has 0 unspecified atom stereocenters. The highest BCUT2D eigenvalue weighted by Crippen LogP contribution is 2.07. The summed E-state index contributed by atoms with van der Waals surface area (Å²) < 4.78 is 12.2. The van der Waals surface area contributed by atoms with Gasteiger partial charge in [-0.25, -0.2) is 4.98 Å². The van der Waals surface area contributed by atoms with Crippen molar-refractivity contribution in [2.45, 2.75) is 25.4 Å². The molecule has 14 heteroatoms. The molecule has 0 aliphatic rings. The molecular weight excluding hydrogens is 476 g/mol.